The van der Waals surface area contributed by atoms with E-state index in [1.165, 1.54) is 25.1 Å². The van der Waals surface area contributed by atoms with Crippen molar-refractivity contribution in [1.29, 1.82) is 0 Å². The average molecular weight is 256 g/mol. The predicted octanol–water partition coefficient (Wildman–Crippen LogP) is 3.13. The van der Waals surface area contributed by atoms with Crippen molar-refractivity contribution < 1.29 is 4.18 Å². The Bertz CT molecular complexity index is 315. The van der Waals surface area contributed by atoms with Crippen molar-refractivity contribution in [2.24, 2.45) is 11.7 Å². The lowest BCUT2D eigenvalue weighted by atomic mass is 10.1. The summed E-state index contributed by atoms with van der Waals surface area (Å²) >= 11 is 1.35. The van der Waals surface area contributed by atoms with Crippen LogP contribution in [0.25, 0.3) is 0 Å². The zero-order valence-corrected chi connectivity index (χ0v) is 11.9. The van der Waals surface area contributed by atoms with Crippen molar-refractivity contribution in [3.05, 3.63) is 11.8 Å². The SMILES string of the molecule is CC/C=C(/NSOC1(C)CC1)C1(N)CC1CC. The summed E-state index contributed by atoms with van der Waals surface area (Å²) in [5, 5.41) is 0. The summed E-state index contributed by atoms with van der Waals surface area (Å²) in [4.78, 5) is 0. The van der Waals surface area contributed by atoms with E-state index in [2.05, 4.69) is 31.6 Å². The van der Waals surface area contributed by atoms with Crippen molar-refractivity contribution in [3.8, 4) is 0 Å². The summed E-state index contributed by atoms with van der Waals surface area (Å²) < 4.78 is 9.03. The minimum Gasteiger partial charge on any atom is -0.320 e. The lowest BCUT2D eigenvalue weighted by molar-refractivity contribution is 0.241. The standard InChI is InChI=1S/C13H24N2OS/c1-4-6-11(13(14)9-10(13)5-2)15-17-16-12(3)7-8-12/h6,10,15H,4-5,7-9,14H2,1-3H3/b11-6+. The molecule has 0 amide bonds. The number of nitrogens with two attached hydrogens (primary N) is 1. The van der Waals surface area contributed by atoms with Crippen LogP contribution in [0.4, 0.5) is 0 Å². The van der Waals surface area contributed by atoms with Gasteiger partial charge < -0.3 is 10.5 Å². The van der Waals surface area contributed by atoms with Crippen molar-refractivity contribution in [2.75, 3.05) is 0 Å². The summed E-state index contributed by atoms with van der Waals surface area (Å²) in [5.74, 6) is 0.630. The molecule has 0 aromatic rings. The van der Waals surface area contributed by atoms with Gasteiger partial charge in [-0.15, -0.1) is 0 Å². The maximum Gasteiger partial charge on any atom is 0.111 e. The summed E-state index contributed by atoms with van der Waals surface area (Å²) in [6, 6.07) is 0. The van der Waals surface area contributed by atoms with Crippen LogP contribution in [0.3, 0.4) is 0 Å². The third-order valence-electron chi connectivity index (χ3n) is 3.90. The minimum absolute atomic E-state index is 0.102. The third-order valence-corrected chi connectivity index (χ3v) is 4.69. The molecule has 2 saturated carbocycles. The largest absolute Gasteiger partial charge is 0.320 e. The van der Waals surface area contributed by atoms with Crippen molar-refractivity contribution in [2.45, 2.75) is 64.0 Å². The first-order chi connectivity index (χ1) is 8.04. The van der Waals surface area contributed by atoms with E-state index in [0.29, 0.717) is 5.92 Å². The number of rotatable bonds is 7. The van der Waals surface area contributed by atoms with Gasteiger partial charge in [0.25, 0.3) is 0 Å². The van der Waals surface area contributed by atoms with E-state index in [1.807, 2.05) is 0 Å². The van der Waals surface area contributed by atoms with Gasteiger partial charge in [-0.3, -0.25) is 4.18 Å². The van der Waals surface area contributed by atoms with Gasteiger partial charge in [0.2, 0.25) is 0 Å². The molecule has 0 radical (unpaired) electrons. The summed E-state index contributed by atoms with van der Waals surface area (Å²) in [6.45, 7) is 6.49. The Kier molecular flexibility index (Phi) is 3.76. The Balaban J connectivity index is 1.83. The first-order valence-corrected chi connectivity index (χ1v) is 7.38. The van der Waals surface area contributed by atoms with E-state index < -0.39 is 0 Å². The normalized spacial score (nSPS) is 34.6. The van der Waals surface area contributed by atoms with Gasteiger partial charge in [0.15, 0.2) is 0 Å². The first kappa shape index (κ1) is 13.2. The highest BCUT2D eigenvalue weighted by molar-refractivity contribution is 7.92. The van der Waals surface area contributed by atoms with Gasteiger partial charge in [0, 0.05) is 5.70 Å². The fourth-order valence-electron chi connectivity index (χ4n) is 2.14. The zero-order chi connectivity index (χ0) is 12.5. The molecule has 0 aromatic heterocycles. The molecule has 2 rings (SSSR count). The summed E-state index contributed by atoms with van der Waals surface area (Å²) in [5.41, 5.74) is 7.53. The molecule has 98 valence electrons. The van der Waals surface area contributed by atoms with Gasteiger partial charge >= 0.3 is 0 Å². The van der Waals surface area contributed by atoms with Crippen LogP contribution < -0.4 is 10.5 Å². The van der Waals surface area contributed by atoms with E-state index in [9.17, 15) is 0 Å². The van der Waals surface area contributed by atoms with Gasteiger partial charge in [-0.25, -0.2) is 0 Å². The van der Waals surface area contributed by atoms with Crippen LogP contribution in [-0.4, -0.2) is 11.1 Å². The number of hydrogen-bond donors (Lipinski definition) is 2. The van der Waals surface area contributed by atoms with E-state index in [1.54, 1.807) is 0 Å². The fourth-order valence-corrected chi connectivity index (χ4v) is 2.92. The molecule has 3 N–H and O–H groups in total. The van der Waals surface area contributed by atoms with Crippen LogP contribution in [0, 0.1) is 5.92 Å². The highest BCUT2D eigenvalue weighted by Gasteiger charge is 2.52. The molecule has 3 nitrogen and oxygen atoms in total. The molecular formula is C13H24N2OS. The molecule has 0 heterocycles. The highest BCUT2D eigenvalue weighted by Crippen LogP contribution is 2.49. The molecule has 0 aliphatic heterocycles. The third kappa shape index (κ3) is 2.98. The molecular weight excluding hydrogens is 232 g/mol. The molecule has 0 aromatic carbocycles. The van der Waals surface area contributed by atoms with Gasteiger partial charge in [-0.2, -0.15) is 0 Å². The monoisotopic (exact) mass is 256 g/mol. The number of hydrogen-bond acceptors (Lipinski definition) is 4. The first-order valence-electron chi connectivity index (χ1n) is 6.64. The molecule has 17 heavy (non-hydrogen) atoms. The molecule has 0 spiro atoms. The van der Waals surface area contributed by atoms with Crippen molar-refractivity contribution >= 4 is 12.2 Å². The number of allylic oxidation sites excluding steroid dienone is 1. The molecule has 2 unspecified atom stereocenters. The predicted molar refractivity (Wildman–Crippen MR) is 73.1 cm³/mol. The zero-order valence-electron chi connectivity index (χ0n) is 11.1. The summed E-state index contributed by atoms with van der Waals surface area (Å²) in [6.07, 6.45) is 7.79. The van der Waals surface area contributed by atoms with Crippen molar-refractivity contribution in [3.63, 3.8) is 0 Å². The van der Waals surface area contributed by atoms with Crippen LogP contribution in [0.1, 0.15) is 52.9 Å². The molecule has 2 aliphatic carbocycles. The second-order valence-electron chi connectivity index (χ2n) is 5.59. The number of nitrogens with one attached hydrogen (secondary N) is 1. The Hall–Kier alpha value is -0.190. The van der Waals surface area contributed by atoms with E-state index in [-0.39, 0.29) is 11.1 Å². The molecule has 0 bridgehead atoms. The molecule has 2 aliphatic rings. The van der Waals surface area contributed by atoms with Gasteiger partial charge in [-0.1, -0.05) is 26.3 Å². The highest BCUT2D eigenvalue weighted by atomic mass is 32.2. The topological polar surface area (TPSA) is 47.3 Å². The lowest BCUT2D eigenvalue weighted by Gasteiger charge is -2.19. The van der Waals surface area contributed by atoms with Crippen LogP contribution in [0.5, 0.6) is 0 Å². The minimum atomic E-state index is -0.119. The molecule has 2 atom stereocenters. The Morgan fingerprint density at radius 2 is 2.24 bits per heavy atom. The summed E-state index contributed by atoms with van der Waals surface area (Å²) in [7, 11) is 0. The Labute approximate surface area is 109 Å². The van der Waals surface area contributed by atoms with Gasteiger partial charge in [-0.05, 0) is 38.5 Å². The van der Waals surface area contributed by atoms with Gasteiger partial charge in [0.1, 0.15) is 12.2 Å². The molecule has 0 saturated heterocycles. The lowest BCUT2D eigenvalue weighted by Crippen LogP contribution is -2.33. The van der Waals surface area contributed by atoms with Crippen LogP contribution in [0.15, 0.2) is 11.8 Å². The van der Waals surface area contributed by atoms with E-state index in [4.69, 9.17) is 9.92 Å². The molecule has 2 fully saturated rings. The fraction of sp³-hybridized carbons (Fsp3) is 0.846. The van der Waals surface area contributed by atoms with Crippen molar-refractivity contribution in [1.82, 2.24) is 4.72 Å². The van der Waals surface area contributed by atoms with E-state index >= 15 is 0 Å². The second-order valence-corrected chi connectivity index (χ2v) is 6.13. The Morgan fingerprint density at radius 1 is 1.53 bits per heavy atom. The maximum atomic E-state index is 6.40. The quantitative estimate of drug-likeness (QED) is 0.543. The average Bonchev–Trinajstić information content (AvgIpc) is 3.17. The second kappa shape index (κ2) is 4.82. The van der Waals surface area contributed by atoms with Crippen LogP contribution in [0.2, 0.25) is 0 Å². The smallest absolute Gasteiger partial charge is 0.111 e. The van der Waals surface area contributed by atoms with Gasteiger partial charge in [0.05, 0.1) is 11.1 Å². The van der Waals surface area contributed by atoms with Crippen LogP contribution in [-0.2, 0) is 4.18 Å². The van der Waals surface area contributed by atoms with E-state index in [0.717, 1.165) is 25.0 Å². The van der Waals surface area contributed by atoms with Crippen LogP contribution >= 0.6 is 12.2 Å². The maximum absolute atomic E-state index is 6.40. The Morgan fingerprint density at radius 3 is 2.71 bits per heavy atom. The molecule has 4 heteroatoms.